The number of nitrogens with zero attached hydrogens (tertiary/aromatic N) is 1. The number of ether oxygens (including phenoxy) is 1. The lowest BCUT2D eigenvalue weighted by molar-refractivity contribution is 0.0940. The van der Waals surface area contributed by atoms with Crippen molar-refractivity contribution in [3.05, 3.63) is 56.6 Å². The number of hydrogen-bond acceptors (Lipinski definition) is 3. The van der Waals surface area contributed by atoms with E-state index >= 15 is 0 Å². The number of rotatable bonds is 4. The maximum Gasteiger partial charge on any atom is 0.251 e. The van der Waals surface area contributed by atoms with Crippen LogP contribution in [0.15, 0.2) is 42.5 Å². The fraction of sp³-hybridized carbons (Fsp3) is 0.278. The molecule has 0 bridgehead atoms. The summed E-state index contributed by atoms with van der Waals surface area (Å²) in [5, 5.41) is 3.79. The van der Waals surface area contributed by atoms with Gasteiger partial charge in [-0.1, -0.05) is 11.6 Å². The predicted molar refractivity (Wildman–Crippen MR) is 105 cm³/mol. The van der Waals surface area contributed by atoms with Crippen molar-refractivity contribution < 1.29 is 9.53 Å². The van der Waals surface area contributed by atoms with Gasteiger partial charge in [0, 0.05) is 33.3 Å². The van der Waals surface area contributed by atoms with Gasteiger partial charge in [0.1, 0.15) is 5.75 Å². The zero-order chi connectivity index (χ0) is 17.1. The molecule has 0 saturated carbocycles. The van der Waals surface area contributed by atoms with E-state index in [-0.39, 0.29) is 11.9 Å². The minimum Gasteiger partial charge on any atom is -0.495 e. The zero-order valence-corrected chi connectivity index (χ0v) is 16.2. The summed E-state index contributed by atoms with van der Waals surface area (Å²) in [4.78, 5) is 14.6. The molecule has 3 rings (SSSR count). The monoisotopic (exact) mass is 456 g/mol. The fourth-order valence-corrected chi connectivity index (χ4v) is 3.40. The Labute approximate surface area is 160 Å². The normalized spacial score (nSPS) is 17.0. The van der Waals surface area contributed by atoms with E-state index in [0.717, 1.165) is 34.5 Å². The Bertz CT molecular complexity index is 736. The van der Waals surface area contributed by atoms with Crippen LogP contribution in [0.4, 0.5) is 5.69 Å². The minimum atomic E-state index is -0.0312. The molecule has 0 aliphatic carbocycles. The van der Waals surface area contributed by atoms with Gasteiger partial charge < -0.3 is 15.0 Å². The largest absolute Gasteiger partial charge is 0.495 e. The van der Waals surface area contributed by atoms with Crippen LogP contribution >= 0.6 is 34.2 Å². The number of carbonyl (C=O) groups is 1. The van der Waals surface area contributed by atoms with Gasteiger partial charge in [0.2, 0.25) is 0 Å². The summed E-state index contributed by atoms with van der Waals surface area (Å²) in [6, 6.07) is 13.3. The standard InChI is InChI=1S/C18H18ClIN2O2/c1-24-17-7-4-13(19)10-16(17)22-9-8-15(11-22)21-18(23)12-2-5-14(20)6-3-12/h2-7,10,15H,8-9,11H2,1H3,(H,21,23). The van der Waals surface area contributed by atoms with Gasteiger partial charge in [-0.05, 0) is 71.5 Å². The molecular weight excluding hydrogens is 439 g/mol. The molecule has 1 unspecified atom stereocenters. The third-order valence-electron chi connectivity index (χ3n) is 4.11. The molecule has 6 heteroatoms. The Morgan fingerprint density at radius 3 is 2.75 bits per heavy atom. The zero-order valence-electron chi connectivity index (χ0n) is 13.3. The van der Waals surface area contributed by atoms with Crippen LogP contribution in [0.3, 0.4) is 0 Å². The molecule has 1 heterocycles. The molecule has 1 saturated heterocycles. The van der Waals surface area contributed by atoms with E-state index in [0.29, 0.717) is 10.6 Å². The Balaban J connectivity index is 1.66. The van der Waals surface area contributed by atoms with Crippen LogP contribution in [0.2, 0.25) is 5.02 Å². The summed E-state index contributed by atoms with van der Waals surface area (Å²) < 4.78 is 6.54. The second-order valence-electron chi connectivity index (χ2n) is 5.73. The molecular formula is C18H18ClIN2O2. The van der Waals surface area contributed by atoms with Gasteiger partial charge >= 0.3 is 0 Å². The van der Waals surface area contributed by atoms with Crippen LogP contribution < -0.4 is 15.0 Å². The second kappa shape index (κ2) is 7.61. The summed E-state index contributed by atoms with van der Waals surface area (Å²) in [6.45, 7) is 1.60. The van der Waals surface area contributed by atoms with Crippen molar-refractivity contribution in [1.29, 1.82) is 0 Å². The first-order valence-corrected chi connectivity index (χ1v) is 9.17. The number of nitrogens with one attached hydrogen (secondary N) is 1. The fourth-order valence-electron chi connectivity index (χ4n) is 2.88. The Morgan fingerprint density at radius 1 is 1.29 bits per heavy atom. The third-order valence-corrected chi connectivity index (χ3v) is 5.07. The van der Waals surface area contributed by atoms with E-state index < -0.39 is 0 Å². The van der Waals surface area contributed by atoms with E-state index in [1.54, 1.807) is 7.11 Å². The van der Waals surface area contributed by atoms with Gasteiger partial charge in [-0.2, -0.15) is 0 Å². The summed E-state index contributed by atoms with van der Waals surface area (Å²) >= 11 is 8.34. The highest BCUT2D eigenvalue weighted by atomic mass is 127. The van der Waals surface area contributed by atoms with Crippen LogP contribution in [0.25, 0.3) is 0 Å². The maximum atomic E-state index is 12.4. The topological polar surface area (TPSA) is 41.6 Å². The smallest absolute Gasteiger partial charge is 0.251 e. The number of methoxy groups -OCH3 is 1. The highest BCUT2D eigenvalue weighted by molar-refractivity contribution is 14.1. The van der Waals surface area contributed by atoms with Crippen LogP contribution in [-0.4, -0.2) is 32.1 Å². The van der Waals surface area contributed by atoms with Gasteiger partial charge in [0.25, 0.3) is 5.91 Å². The first kappa shape index (κ1) is 17.4. The average molecular weight is 457 g/mol. The average Bonchev–Trinajstić information content (AvgIpc) is 3.03. The molecule has 1 aliphatic heterocycles. The number of carbonyl (C=O) groups excluding carboxylic acids is 1. The Hall–Kier alpha value is -1.47. The van der Waals surface area contributed by atoms with Crippen molar-refractivity contribution in [2.24, 2.45) is 0 Å². The number of amides is 1. The van der Waals surface area contributed by atoms with E-state index in [4.69, 9.17) is 16.3 Å². The third kappa shape index (κ3) is 3.95. The molecule has 126 valence electrons. The quantitative estimate of drug-likeness (QED) is 0.708. The molecule has 0 aromatic heterocycles. The predicted octanol–water partition coefficient (Wildman–Crippen LogP) is 3.96. The minimum absolute atomic E-state index is 0.0312. The van der Waals surface area contributed by atoms with Crippen molar-refractivity contribution >= 4 is 45.8 Å². The number of benzene rings is 2. The molecule has 4 nitrogen and oxygen atoms in total. The number of halogens is 2. The van der Waals surface area contributed by atoms with Crippen LogP contribution in [0.1, 0.15) is 16.8 Å². The summed E-state index contributed by atoms with van der Waals surface area (Å²) in [7, 11) is 1.65. The number of hydrogen-bond donors (Lipinski definition) is 1. The highest BCUT2D eigenvalue weighted by Crippen LogP contribution is 2.33. The molecule has 24 heavy (non-hydrogen) atoms. The Morgan fingerprint density at radius 2 is 2.04 bits per heavy atom. The first-order valence-electron chi connectivity index (χ1n) is 7.72. The maximum absolute atomic E-state index is 12.4. The molecule has 1 aliphatic rings. The Kier molecular flexibility index (Phi) is 5.50. The lowest BCUT2D eigenvalue weighted by Crippen LogP contribution is -2.37. The van der Waals surface area contributed by atoms with Gasteiger partial charge in [-0.3, -0.25) is 4.79 Å². The molecule has 2 aromatic rings. The van der Waals surface area contributed by atoms with Crippen molar-refractivity contribution in [3.63, 3.8) is 0 Å². The molecule has 0 radical (unpaired) electrons. The first-order chi connectivity index (χ1) is 11.6. The van der Waals surface area contributed by atoms with Gasteiger partial charge in [-0.15, -0.1) is 0 Å². The molecule has 1 fully saturated rings. The lowest BCUT2D eigenvalue weighted by atomic mass is 10.2. The van der Waals surface area contributed by atoms with E-state index in [1.807, 2.05) is 42.5 Å². The highest BCUT2D eigenvalue weighted by Gasteiger charge is 2.26. The molecule has 1 N–H and O–H groups in total. The molecule has 1 amide bonds. The summed E-state index contributed by atoms with van der Waals surface area (Å²) in [6.07, 6.45) is 0.895. The van der Waals surface area contributed by atoms with E-state index in [1.165, 1.54) is 0 Å². The van der Waals surface area contributed by atoms with Gasteiger partial charge in [-0.25, -0.2) is 0 Å². The van der Waals surface area contributed by atoms with E-state index in [2.05, 4.69) is 32.8 Å². The van der Waals surface area contributed by atoms with Crippen molar-refractivity contribution in [3.8, 4) is 5.75 Å². The van der Waals surface area contributed by atoms with Crippen LogP contribution in [-0.2, 0) is 0 Å². The molecule has 0 spiro atoms. The van der Waals surface area contributed by atoms with Crippen molar-refractivity contribution in [2.75, 3.05) is 25.1 Å². The lowest BCUT2D eigenvalue weighted by Gasteiger charge is -2.21. The van der Waals surface area contributed by atoms with Crippen LogP contribution in [0.5, 0.6) is 5.75 Å². The van der Waals surface area contributed by atoms with Crippen LogP contribution in [0, 0.1) is 3.57 Å². The molecule has 2 aromatic carbocycles. The molecule has 1 atom stereocenters. The number of anilines is 1. The SMILES string of the molecule is COc1ccc(Cl)cc1N1CCC(NC(=O)c2ccc(I)cc2)C1. The van der Waals surface area contributed by atoms with Crippen molar-refractivity contribution in [1.82, 2.24) is 5.32 Å². The summed E-state index contributed by atoms with van der Waals surface area (Å²) in [5.41, 5.74) is 1.66. The van der Waals surface area contributed by atoms with E-state index in [9.17, 15) is 4.79 Å². The van der Waals surface area contributed by atoms with Gasteiger partial charge in [0.15, 0.2) is 0 Å². The summed E-state index contributed by atoms with van der Waals surface area (Å²) in [5.74, 6) is 0.764. The van der Waals surface area contributed by atoms with Crippen molar-refractivity contribution in [2.45, 2.75) is 12.5 Å². The van der Waals surface area contributed by atoms with Gasteiger partial charge in [0.05, 0.1) is 12.8 Å². The second-order valence-corrected chi connectivity index (χ2v) is 7.41.